The van der Waals surface area contributed by atoms with E-state index < -0.39 is 26.6 Å². The van der Waals surface area contributed by atoms with Gasteiger partial charge in [0, 0.05) is 23.6 Å². The average molecular weight is 369 g/mol. The van der Waals surface area contributed by atoms with E-state index in [1.165, 1.54) is 0 Å². The lowest BCUT2D eigenvalue weighted by molar-refractivity contribution is 0.394. The number of rotatable bonds is 4. The fourth-order valence-corrected chi connectivity index (χ4v) is 4.56. The predicted molar refractivity (Wildman–Crippen MR) is 74.9 cm³/mol. The van der Waals surface area contributed by atoms with Crippen LogP contribution in [0.2, 0.25) is 0 Å². The summed E-state index contributed by atoms with van der Waals surface area (Å²) in [5.74, 6) is -1.73. The van der Waals surface area contributed by atoms with Gasteiger partial charge in [-0.05, 0) is 47.9 Å². The van der Waals surface area contributed by atoms with Crippen LogP contribution >= 0.6 is 15.9 Å². The van der Waals surface area contributed by atoms with Crippen molar-refractivity contribution in [1.82, 2.24) is 9.62 Å². The smallest absolute Gasteiger partial charge is 0.244 e. The molecule has 1 aromatic rings. The second kappa shape index (κ2) is 6.05. The minimum Gasteiger partial charge on any atom is -0.306 e. The van der Waals surface area contributed by atoms with Gasteiger partial charge in [0.1, 0.15) is 16.5 Å². The molecule has 8 heteroatoms. The molecule has 1 aliphatic heterocycles. The lowest BCUT2D eigenvalue weighted by atomic mass is 10.1. The second-order valence-corrected chi connectivity index (χ2v) is 7.53. The van der Waals surface area contributed by atoms with Crippen LogP contribution in [0, 0.1) is 17.6 Å². The second-order valence-electron chi connectivity index (χ2n) is 4.97. The number of likely N-dealkylation sites (tertiary alicyclic amines) is 1. The quantitative estimate of drug-likeness (QED) is 0.883. The van der Waals surface area contributed by atoms with Gasteiger partial charge in [0.05, 0.1) is 0 Å². The molecule has 1 unspecified atom stereocenters. The SMILES string of the molecule is CN1CCC(CNS(=O)(=O)c2c(F)cc(F)cc2Br)C1. The van der Waals surface area contributed by atoms with Crippen molar-refractivity contribution >= 4 is 26.0 Å². The molecule has 0 radical (unpaired) electrons. The third kappa shape index (κ3) is 3.55. The maximum Gasteiger partial charge on any atom is 0.244 e. The van der Waals surface area contributed by atoms with E-state index in [2.05, 4.69) is 25.6 Å². The Balaban J connectivity index is 2.15. The van der Waals surface area contributed by atoms with Gasteiger partial charge in [0.15, 0.2) is 0 Å². The van der Waals surface area contributed by atoms with Gasteiger partial charge >= 0.3 is 0 Å². The number of hydrogen-bond donors (Lipinski definition) is 1. The third-order valence-corrected chi connectivity index (χ3v) is 5.67. The van der Waals surface area contributed by atoms with E-state index in [4.69, 9.17) is 0 Å². The zero-order valence-electron chi connectivity index (χ0n) is 10.9. The monoisotopic (exact) mass is 368 g/mol. The van der Waals surface area contributed by atoms with E-state index in [1.807, 2.05) is 7.05 Å². The van der Waals surface area contributed by atoms with Gasteiger partial charge in [-0.15, -0.1) is 0 Å². The summed E-state index contributed by atoms with van der Waals surface area (Å²) in [5.41, 5.74) is 0. The van der Waals surface area contributed by atoms with Crippen LogP contribution < -0.4 is 4.72 Å². The highest BCUT2D eigenvalue weighted by atomic mass is 79.9. The molecule has 0 aliphatic carbocycles. The summed E-state index contributed by atoms with van der Waals surface area (Å²) >= 11 is 2.89. The molecule has 0 aromatic heterocycles. The molecule has 1 aliphatic rings. The first-order valence-electron chi connectivity index (χ1n) is 6.12. The van der Waals surface area contributed by atoms with Crippen molar-refractivity contribution in [3.05, 3.63) is 28.2 Å². The molecular formula is C12H15BrF2N2O2S. The first kappa shape index (κ1) is 15.8. The Labute approximate surface area is 125 Å². The number of benzene rings is 1. The van der Waals surface area contributed by atoms with Gasteiger partial charge in [-0.1, -0.05) is 0 Å². The summed E-state index contributed by atoms with van der Waals surface area (Å²) in [6.07, 6.45) is 0.895. The maximum absolute atomic E-state index is 13.7. The number of sulfonamides is 1. The molecule has 112 valence electrons. The van der Waals surface area contributed by atoms with Gasteiger partial charge in [-0.3, -0.25) is 0 Å². The summed E-state index contributed by atoms with van der Waals surface area (Å²) in [6, 6.07) is 1.49. The van der Waals surface area contributed by atoms with E-state index in [-0.39, 0.29) is 16.9 Å². The molecule has 1 N–H and O–H groups in total. The lowest BCUT2D eigenvalue weighted by Gasteiger charge is -2.13. The highest BCUT2D eigenvalue weighted by Crippen LogP contribution is 2.26. The van der Waals surface area contributed by atoms with Crippen molar-refractivity contribution in [2.24, 2.45) is 5.92 Å². The molecule has 1 saturated heterocycles. The Morgan fingerprint density at radius 3 is 2.70 bits per heavy atom. The molecular weight excluding hydrogens is 354 g/mol. The van der Waals surface area contributed by atoms with Crippen molar-refractivity contribution in [3.63, 3.8) is 0 Å². The fourth-order valence-electron chi connectivity index (χ4n) is 2.28. The summed E-state index contributed by atoms with van der Waals surface area (Å²) in [7, 11) is -2.04. The van der Waals surface area contributed by atoms with Gasteiger partial charge in [-0.25, -0.2) is 21.9 Å². The van der Waals surface area contributed by atoms with Crippen LogP contribution in [-0.4, -0.2) is 40.0 Å². The van der Waals surface area contributed by atoms with E-state index in [1.54, 1.807) is 0 Å². The number of nitrogens with one attached hydrogen (secondary N) is 1. The molecule has 0 amide bonds. The van der Waals surface area contributed by atoms with Crippen molar-refractivity contribution in [2.75, 3.05) is 26.7 Å². The van der Waals surface area contributed by atoms with Crippen molar-refractivity contribution in [3.8, 4) is 0 Å². The topological polar surface area (TPSA) is 49.4 Å². The Kier molecular flexibility index (Phi) is 4.78. The largest absolute Gasteiger partial charge is 0.306 e. The van der Waals surface area contributed by atoms with E-state index in [0.29, 0.717) is 6.07 Å². The fraction of sp³-hybridized carbons (Fsp3) is 0.500. The van der Waals surface area contributed by atoms with Crippen LogP contribution in [0.5, 0.6) is 0 Å². The Bertz CT molecular complexity index is 586. The minimum absolute atomic E-state index is 0.119. The van der Waals surface area contributed by atoms with Gasteiger partial charge < -0.3 is 4.90 Å². The molecule has 1 aromatic carbocycles. The lowest BCUT2D eigenvalue weighted by Crippen LogP contribution is -2.31. The molecule has 1 heterocycles. The first-order chi connectivity index (χ1) is 9.29. The molecule has 1 atom stereocenters. The van der Waals surface area contributed by atoms with Crippen LogP contribution in [0.1, 0.15) is 6.42 Å². The Hall–Kier alpha value is -0.570. The zero-order valence-corrected chi connectivity index (χ0v) is 13.3. The number of nitrogens with zero attached hydrogens (tertiary/aromatic N) is 1. The van der Waals surface area contributed by atoms with E-state index in [9.17, 15) is 17.2 Å². The standard InChI is InChI=1S/C12H15BrF2N2O2S/c1-17-3-2-8(7-17)6-16-20(18,19)12-10(13)4-9(14)5-11(12)15/h4-5,8,16H,2-3,6-7H2,1H3. The van der Waals surface area contributed by atoms with Crippen LogP contribution in [-0.2, 0) is 10.0 Å². The molecule has 20 heavy (non-hydrogen) atoms. The summed E-state index contributed by atoms with van der Waals surface area (Å²) < 4.78 is 53.1. The summed E-state index contributed by atoms with van der Waals surface area (Å²) in [5, 5.41) is 0. The maximum atomic E-state index is 13.7. The van der Waals surface area contributed by atoms with Gasteiger partial charge in [0.25, 0.3) is 0 Å². The van der Waals surface area contributed by atoms with Crippen molar-refractivity contribution < 1.29 is 17.2 Å². The molecule has 1 fully saturated rings. The predicted octanol–water partition coefficient (Wildman–Crippen LogP) is 1.96. The van der Waals surface area contributed by atoms with Crippen LogP contribution in [0.15, 0.2) is 21.5 Å². The molecule has 0 saturated carbocycles. The summed E-state index contributed by atoms with van der Waals surface area (Å²) in [6.45, 7) is 1.96. The third-order valence-electron chi connectivity index (χ3n) is 3.28. The molecule has 0 bridgehead atoms. The summed E-state index contributed by atoms with van der Waals surface area (Å²) in [4.78, 5) is 1.55. The Morgan fingerprint density at radius 1 is 1.45 bits per heavy atom. The molecule has 0 spiro atoms. The van der Waals surface area contributed by atoms with Crippen LogP contribution in [0.3, 0.4) is 0 Å². The van der Waals surface area contributed by atoms with Gasteiger partial charge in [-0.2, -0.15) is 0 Å². The number of halogens is 3. The Morgan fingerprint density at radius 2 is 2.15 bits per heavy atom. The van der Waals surface area contributed by atoms with E-state index in [0.717, 1.165) is 25.6 Å². The average Bonchev–Trinajstić information content (AvgIpc) is 2.71. The van der Waals surface area contributed by atoms with Gasteiger partial charge in [0.2, 0.25) is 10.0 Å². The van der Waals surface area contributed by atoms with Crippen LogP contribution in [0.25, 0.3) is 0 Å². The molecule has 4 nitrogen and oxygen atoms in total. The highest BCUT2D eigenvalue weighted by Gasteiger charge is 2.26. The zero-order chi connectivity index (χ0) is 14.9. The van der Waals surface area contributed by atoms with Crippen LogP contribution in [0.4, 0.5) is 8.78 Å². The number of hydrogen-bond acceptors (Lipinski definition) is 3. The van der Waals surface area contributed by atoms with Crippen molar-refractivity contribution in [1.29, 1.82) is 0 Å². The van der Waals surface area contributed by atoms with Crippen molar-refractivity contribution in [2.45, 2.75) is 11.3 Å². The van der Waals surface area contributed by atoms with E-state index >= 15 is 0 Å². The highest BCUT2D eigenvalue weighted by molar-refractivity contribution is 9.10. The first-order valence-corrected chi connectivity index (χ1v) is 8.40. The minimum atomic E-state index is -4.00. The molecule has 2 rings (SSSR count). The normalized spacial score (nSPS) is 20.5.